The molecule has 1 aliphatic carbocycles. The van der Waals surface area contributed by atoms with Gasteiger partial charge in [-0.05, 0) is 50.1 Å². The molecule has 0 amide bonds. The molecule has 0 aliphatic heterocycles. The van der Waals surface area contributed by atoms with Gasteiger partial charge in [0.15, 0.2) is 0 Å². The molecule has 3 heteroatoms. The van der Waals surface area contributed by atoms with Crippen LogP contribution in [-0.2, 0) is 6.54 Å². The van der Waals surface area contributed by atoms with E-state index in [0.29, 0.717) is 11.5 Å². The molecule has 0 spiro atoms. The molecule has 1 fully saturated rings. The van der Waals surface area contributed by atoms with Gasteiger partial charge in [-0.3, -0.25) is 4.90 Å². The molecule has 1 heterocycles. The average molecular weight is 295 g/mol. The Morgan fingerprint density at radius 1 is 1.25 bits per heavy atom. The quantitative estimate of drug-likeness (QED) is 0.794. The first-order valence-corrected chi connectivity index (χ1v) is 9.00. The van der Waals surface area contributed by atoms with Crippen molar-refractivity contribution in [2.75, 3.05) is 13.1 Å². The third-order valence-corrected chi connectivity index (χ3v) is 5.67. The van der Waals surface area contributed by atoms with Crippen LogP contribution in [0.3, 0.4) is 0 Å². The van der Waals surface area contributed by atoms with E-state index in [1.807, 2.05) is 11.3 Å². The number of nitrogens with two attached hydrogens (primary N) is 1. The molecular formula is C17H30N2S. The molecule has 0 saturated heterocycles. The number of hydrogen-bond donors (Lipinski definition) is 1. The van der Waals surface area contributed by atoms with Crippen LogP contribution in [0, 0.1) is 5.41 Å². The fourth-order valence-electron chi connectivity index (χ4n) is 3.36. The average Bonchev–Trinajstić information content (AvgIpc) is 2.83. The van der Waals surface area contributed by atoms with Gasteiger partial charge in [0.05, 0.1) is 0 Å². The highest BCUT2D eigenvalue weighted by Crippen LogP contribution is 2.35. The van der Waals surface area contributed by atoms with E-state index in [1.54, 1.807) is 0 Å². The summed E-state index contributed by atoms with van der Waals surface area (Å²) in [7, 11) is 0. The summed E-state index contributed by atoms with van der Waals surface area (Å²) in [4.78, 5) is 4.10. The second kappa shape index (κ2) is 7.58. The van der Waals surface area contributed by atoms with E-state index >= 15 is 0 Å². The maximum absolute atomic E-state index is 6.21. The first-order valence-electron chi connectivity index (χ1n) is 8.12. The summed E-state index contributed by atoms with van der Waals surface area (Å²) < 4.78 is 0. The lowest BCUT2D eigenvalue weighted by atomic mass is 9.79. The van der Waals surface area contributed by atoms with E-state index in [4.69, 9.17) is 5.73 Å². The fraction of sp³-hybridized carbons (Fsp3) is 0.765. The Labute approximate surface area is 128 Å². The largest absolute Gasteiger partial charge is 0.330 e. The summed E-state index contributed by atoms with van der Waals surface area (Å²) in [5, 5.41) is 2.18. The van der Waals surface area contributed by atoms with Gasteiger partial charge in [-0.1, -0.05) is 31.7 Å². The SMILES string of the molecule is CC(C)N(Cc1cccs1)CC1(CN)CCCCCC1. The lowest BCUT2D eigenvalue weighted by Gasteiger charge is -2.39. The van der Waals surface area contributed by atoms with Crippen molar-refractivity contribution in [2.45, 2.75) is 65.0 Å². The predicted octanol–water partition coefficient (Wildman–Crippen LogP) is 4.26. The van der Waals surface area contributed by atoms with Gasteiger partial charge in [0, 0.05) is 24.0 Å². The zero-order chi connectivity index (χ0) is 14.4. The summed E-state index contributed by atoms with van der Waals surface area (Å²) >= 11 is 1.87. The van der Waals surface area contributed by atoms with Crippen molar-refractivity contribution in [1.29, 1.82) is 0 Å². The van der Waals surface area contributed by atoms with Crippen molar-refractivity contribution in [1.82, 2.24) is 4.90 Å². The van der Waals surface area contributed by atoms with Crippen LogP contribution in [0.1, 0.15) is 57.2 Å². The van der Waals surface area contributed by atoms with Gasteiger partial charge < -0.3 is 5.73 Å². The highest BCUT2D eigenvalue weighted by atomic mass is 32.1. The lowest BCUT2D eigenvalue weighted by molar-refractivity contribution is 0.105. The van der Waals surface area contributed by atoms with Gasteiger partial charge in [0.2, 0.25) is 0 Å². The van der Waals surface area contributed by atoms with E-state index in [2.05, 4.69) is 36.3 Å². The van der Waals surface area contributed by atoms with Crippen molar-refractivity contribution >= 4 is 11.3 Å². The van der Waals surface area contributed by atoms with Crippen molar-refractivity contribution in [3.05, 3.63) is 22.4 Å². The second-order valence-electron chi connectivity index (χ2n) is 6.70. The van der Waals surface area contributed by atoms with Crippen molar-refractivity contribution in [3.63, 3.8) is 0 Å². The molecule has 2 rings (SSSR count). The van der Waals surface area contributed by atoms with E-state index in [-0.39, 0.29) is 0 Å². The summed E-state index contributed by atoms with van der Waals surface area (Å²) in [6.45, 7) is 7.72. The molecule has 0 bridgehead atoms. The number of thiophene rings is 1. The molecule has 1 aliphatic rings. The van der Waals surface area contributed by atoms with E-state index in [1.165, 1.54) is 49.9 Å². The summed E-state index contributed by atoms with van der Waals surface area (Å²) in [5.41, 5.74) is 6.56. The van der Waals surface area contributed by atoms with E-state index in [0.717, 1.165) is 13.1 Å². The molecule has 1 saturated carbocycles. The monoisotopic (exact) mass is 294 g/mol. The third-order valence-electron chi connectivity index (χ3n) is 4.81. The van der Waals surface area contributed by atoms with Crippen LogP contribution in [0.4, 0.5) is 0 Å². The molecule has 0 aromatic carbocycles. The van der Waals surface area contributed by atoms with Crippen LogP contribution in [0.25, 0.3) is 0 Å². The zero-order valence-corrected chi connectivity index (χ0v) is 13.9. The Morgan fingerprint density at radius 2 is 1.95 bits per heavy atom. The Balaban J connectivity index is 2.04. The maximum Gasteiger partial charge on any atom is 0.0330 e. The van der Waals surface area contributed by atoms with Crippen molar-refractivity contribution < 1.29 is 0 Å². The zero-order valence-electron chi connectivity index (χ0n) is 13.1. The Hall–Kier alpha value is -0.380. The van der Waals surface area contributed by atoms with Crippen LogP contribution < -0.4 is 5.73 Å². The first kappa shape index (κ1) is 16.0. The molecule has 0 radical (unpaired) electrons. The Kier molecular flexibility index (Phi) is 6.06. The normalized spacial score (nSPS) is 19.4. The van der Waals surface area contributed by atoms with Gasteiger partial charge in [0.1, 0.15) is 0 Å². The molecule has 0 unspecified atom stereocenters. The smallest absolute Gasteiger partial charge is 0.0330 e. The van der Waals surface area contributed by atoms with Crippen molar-refractivity contribution in [2.24, 2.45) is 11.1 Å². The Bertz CT molecular complexity index is 364. The van der Waals surface area contributed by atoms with Gasteiger partial charge in [0.25, 0.3) is 0 Å². The van der Waals surface area contributed by atoms with Crippen molar-refractivity contribution in [3.8, 4) is 0 Å². The molecule has 1 aromatic heterocycles. The summed E-state index contributed by atoms with van der Waals surface area (Å²) in [6, 6.07) is 4.99. The van der Waals surface area contributed by atoms with Crippen LogP contribution in [0.2, 0.25) is 0 Å². The molecule has 20 heavy (non-hydrogen) atoms. The molecule has 1 aromatic rings. The standard InChI is InChI=1S/C17H30N2S/c1-15(2)19(12-16-8-7-11-20-16)14-17(13-18)9-5-3-4-6-10-17/h7-8,11,15H,3-6,9-10,12-14,18H2,1-2H3. The molecular weight excluding hydrogens is 264 g/mol. The van der Waals surface area contributed by atoms with Gasteiger partial charge in [-0.25, -0.2) is 0 Å². The molecule has 0 atom stereocenters. The Morgan fingerprint density at radius 3 is 2.45 bits per heavy atom. The fourth-order valence-corrected chi connectivity index (χ4v) is 4.09. The first-order chi connectivity index (χ1) is 9.65. The van der Waals surface area contributed by atoms with E-state index in [9.17, 15) is 0 Å². The highest BCUT2D eigenvalue weighted by molar-refractivity contribution is 7.09. The topological polar surface area (TPSA) is 29.3 Å². The minimum atomic E-state index is 0.359. The minimum absolute atomic E-state index is 0.359. The van der Waals surface area contributed by atoms with Gasteiger partial charge >= 0.3 is 0 Å². The number of rotatable bonds is 6. The highest BCUT2D eigenvalue weighted by Gasteiger charge is 2.32. The van der Waals surface area contributed by atoms with Gasteiger partial charge in [-0.2, -0.15) is 0 Å². The predicted molar refractivity (Wildman–Crippen MR) is 89.1 cm³/mol. The third kappa shape index (κ3) is 4.31. The van der Waals surface area contributed by atoms with Gasteiger partial charge in [-0.15, -0.1) is 11.3 Å². The summed E-state index contributed by atoms with van der Waals surface area (Å²) in [6.07, 6.45) is 8.15. The summed E-state index contributed by atoms with van der Waals surface area (Å²) in [5.74, 6) is 0. The number of nitrogens with zero attached hydrogens (tertiary/aromatic N) is 1. The molecule has 114 valence electrons. The number of hydrogen-bond acceptors (Lipinski definition) is 3. The molecule has 2 N–H and O–H groups in total. The maximum atomic E-state index is 6.21. The lowest BCUT2D eigenvalue weighted by Crippen LogP contribution is -2.44. The molecule has 2 nitrogen and oxygen atoms in total. The van der Waals surface area contributed by atoms with Crippen LogP contribution >= 0.6 is 11.3 Å². The minimum Gasteiger partial charge on any atom is -0.330 e. The second-order valence-corrected chi connectivity index (χ2v) is 7.73. The van der Waals surface area contributed by atoms with Crippen LogP contribution in [0.15, 0.2) is 17.5 Å². The van der Waals surface area contributed by atoms with E-state index < -0.39 is 0 Å². The van der Waals surface area contributed by atoms with Crippen LogP contribution in [-0.4, -0.2) is 24.0 Å². The van der Waals surface area contributed by atoms with Crippen LogP contribution in [0.5, 0.6) is 0 Å².